The van der Waals surface area contributed by atoms with Crippen molar-refractivity contribution < 1.29 is 14.3 Å². The summed E-state index contributed by atoms with van der Waals surface area (Å²) in [5, 5.41) is 1.02. The van der Waals surface area contributed by atoms with Gasteiger partial charge in [0.15, 0.2) is 11.6 Å². The Balaban J connectivity index is 1.41. The number of nitrogen functional groups attached to an aromatic ring is 1. The Morgan fingerprint density at radius 1 is 1.16 bits per heavy atom. The lowest BCUT2D eigenvalue weighted by molar-refractivity contribution is 0.0135. The zero-order valence-corrected chi connectivity index (χ0v) is 19.4. The van der Waals surface area contributed by atoms with Crippen LogP contribution in [0.4, 0.5) is 5.82 Å². The van der Waals surface area contributed by atoms with Gasteiger partial charge in [0.1, 0.15) is 6.61 Å². The van der Waals surface area contributed by atoms with Crippen molar-refractivity contribution >= 4 is 34.9 Å². The molecule has 2 aliphatic rings. The molecule has 1 atom stereocenters. The number of amides is 1. The molecule has 1 aromatic heterocycles. The highest BCUT2D eigenvalue weighted by atomic mass is 35.5. The molecule has 3 heterocycles. The van der Waals surface area contributed by atoms with Gasteiger partial charge in [0.05, 0.1) is 18.8 Å². The van der Waals surface area contributed by atoms with E-state index in [0.717, 1.165) is 58.7 Å². The number of aromatic nitrogens is 1. The Bertz CT molecular complexity index is 933. The molecule has 0 radical (unpaired) electrons. The van der Waals surface area contributed by atoms with Crippen molar-refractivity contribution in [2.24, 2.45) is 0 Å². The third kappa shape index (κ3) is 5.46. The molecular formula is C23H28Cl2N4O3. The molecule has 2 N–H and O–H groups in total. The van der Waals surface area contributed by atoms with Gasteiger partial charge in [-0.05, 0) is 37.5 Å². The molecule has 0 aliphatic carbocycles. The van der Waals surface area contributed by atoms with Gasteiger partial charge in [0, 0.05) is 54.0 Å². The number of rotatable bonds is 5. The molecule has 0 bridgehead atoms. The predicted molar refractivity (Wildman–Crippen MR) is 125 cm³/mol. The van der Waals surface area contributed by atoms with Gasteiger partial charge >= 0.3 is 0 Å². The average molecular weight is 479 g/mol. The summed E-state index contributed by atoms with van der Waals surface area (Å²) in [6.07, 6.45) is 4.54. The summed E-state index contributed by atoms with van der Waals surface area (Å²) in [6, 6.07) is 7.42. The normalized spacial score (nSPS) is 20.1. The number of ether oxygens (including phenoxy) is 2. The molecule has 2 saturated heterocycles. The van der Waals surface area contributed by atoms with Crippen molar-refractivity contribution in [3.05, 3.63) is 51.6 Å². The second-order valence-corrected chi connectivity index (χ2v) is 8.94. The van der Waals surface area contributed by atoms with Crippen LogP contribution in [0, 0.1) is 0 Å². The molecule has 2 fully saturated rings. The number of likely N-dealkylation sites (tertiary alicyclic amines) is 1. The number of nitrogens with zero attached hydrogens (tertiary/aromatic N) is 3. The number of hydrogen-bond acceptors (Lipinski definition) is 6. The number of morpholine rings is 1. The van der Waals surface area contributed by atoms with Crippen LogP contribution in [-0.4, -0.2) is 66.1 Å². The summed E-state index contributed by atoms with van der Waals surface area (Å²) in [4.78, 5) is 21.8. The summed E-state index contributed by atoms with van der Waals surface area (Å²) >= 11 is 12.4. The van der Waals surface area contributed by atoms with Gasteiger partial charge in [0.25, 0.3) is 5.91 Å². The summed E-state index contributed by atoms with van der Waals surface area (Å²) in [5.41, 5.74) is 7.11. The number of halogens is 2. The smallest absolute Gasteiger partial charge is 0.255 e. The zero-order valence-electron chi connectivity index (χ0n) is 17.9. The van der Waals surface area contributed by atoms with Crippen molar-refractivity contribution in [2.75, 3.05) is 45.1 Å². The van der Waals surface area contributed by atoms with Crippen molar-refractivity contribution in [3.63, 3.8) is 0 Å². The van der Waals surface area contributed by atoms with E-state index >= 15 is 0 Å². The number of nitrogens with two attached hydrogens (primary N) is 1. The van der Waals surface area contributed by atoms with Gasteiger partial charge in [0.2, 0.25) is 0 Å². The molecule has 0 spiro atoms. The minimum atomic E-state index is -0.0549. The van der Waals surface area contributed by atoms with Crippen LogP contribution in [0.25, 0.3) is 0 Å². The number of benzene rings is 1. The molecule has 2 aliphatic heterocycles. The molecule has 32 heavy (non-hydrogen) atoms. The fourth-order valence-electron chi connectivity index (χ4n) is 4.28. The fraction of sp³-hybridized carbons (Fsp3) is 0.478. The Morgan fingerprint density at radius 3 is 2.66 bits per heavy atom. The lowest BCUT2D eigenvalue weighted by Gasteiger charge is -2.34. The van der Waals surface area contributed by atoms with Crippen LogP contribution in [0.2, 0.25) is 10.0 Å². The van der Waals surface area contributed by atoms with Crippen LogP contribution in [0.15, 0.2) is 30.5 Å². The molecular weight excluding hydrogens is 451 g/mol. The number of hydrogen-bond donors (Lipinski definition) is 1. The molecule has 2 aromatic rings. The highest BCUT2D eigenvalue weighted by Gasteiger charge is 2.27. The monoisotopic (exact) mass is 478 g/mol. The Kier molecular flexibility index (Phi) is 7.73. The summed E-state index contributed by atoms with van der Waals surface area (Å²) < 4.78 is 11.3. The highest BCUT2D eigenvalue weighted by Crippen LogP contribution is 2.28. The van der Waals surface area contributed by atoms with E-state index in [1.54, 1.807) is 24.3 Å². The number of anilines is 1. The van der Waals surface area contributed by atoms with Crippen molar-refractivity contribution in [2.45, 2.75) is 31.9 Å². The summed E-state index contributed by atoms with van der Waals surface area (Å²) in [7, 11) is 0. The Labute approximate surface area is 198 Å². The maximum absolute atomic E-state index is 13.2. The minimum Gasteiger partial charge on any atom is -0.485 e. The van der Waals surface area contributed by atoms with Gasteiger partial charge in [-0.25, -0.2) is 4.98 Å². The van der Waals surface area contributed by atoms with E-state index in [1.807, 2.05) is 4.90 Å². The SMILES string of the molecule is Nc1ncc(C(=O)N2CCCC(N3CCOCC3)CC2)cc1OCc1c(Cl)cccc1Cl. The standard InChI is InChI=1S/C23H28Cl2N4O3/c24-19-4-1-5-20(25)18(19)15-32-21-13-16(14-27-22(21)26)23(30)29-7-2-3-17(6-8-29)28-9-11-31-12-10-28/h1,4-5,13-14,17H,2-3,6-12,15H2,(H2,26,27). The lowest BCUT2D eigenvalue weighted by Crippen LogP contribution is -2.44. The maximum Gasteiger partial charge on any atom is 0.255 e. The molecule has 0 saturated carbocycles. The quantitative estimate of drug-likeness (QED) is 0.701. The van der Waals surface area contributed by atoms with Crippen molar-refractivity contribution in [3.8, 4) is 5.75 Å². The number of carbonyl (C=O) groups excluding carboxylic acids is 1. The first-order chi connectivity index (χ1) is 15.5. The van der Waals surface area contributed by atoms with Crippen LogP contribution in [0.1, 0.15) is 35.2 Å². The van der Waals surface area contributed by atoms with Crippen LogP contribution < -0.4 is 10.5 Å². The van der Waals surface area contributed by atoms with E-state index in [0.29, 0.717) is 33.0 Å². The first kappa shape index (κ1) is 23.1. The predicted octanol–water partition coefficient (Wildman–Crippen LogP) is 3.88. The summed E-state index contributed by atoms with van der Waals surface area (Å²) in [5.74, 6) is 0.501. The molecule has 9 heteroatoms. The van der Waals surface area contributed by atoms with Crippen molar-refractivity contribution in [1.29, 1.82) is 0 Å². The third-order valence-electron chi connectivity index (χ3n) is 6.11. The average Bonchev–Trinajstić information content (AvgIpc) is 3.06. The van der Waals surface area contributed by atoms with E-state index in [-0.39, 0.29) is 18.3 Å². The topological polar surface area (TPSA) is 80.9 Å². The molecule has 172 valence electrons. The van der Waals surface area contributed by atoms with Crippen LogP contribution in [0.5, 0.6) is 5.75 Å². The van der Waals surface area contributed by atoms with Gasteiger partial charge in [-0.2, -0.15) is 0 Å². The van der Waals surface area contributed by atoms with Crippen molar-refractivity contribution in [1.82, 2.24) is 14.8 Å². The number of carbonyl (C=O) groups is 1. The first-order valence-electron chi connectivity index (χ1n) is 10.9. The third-order valence-corrected chi connectivity index (χ3v) is 6.82. The minimum absolute atomic E-state index is 0.0549. The lowest BCUT2D eigenvalue weighted by atomic mass is 10.1. The van der Waals surface area contributed by atoms with Crippen LogP contribution >= 0.6 is 23.2 Å². The zero-order chi connectivity index (χ0) is 22.5. The highest BCUT2D eigenvalue weighted by molar-refractivity contribution is 6.35. The van der Waals surface area contributed by atoms with Gasteiger partial charge in [-0.3, -0.25) is 9.69 Å². The van der Waals surface area contributed by atoms with Crippen LogP contribution in [-0.2, 0) is 11.3 Å². The first-order valence-corrected chi connectivity index (χ1v) is 11.7. The van der Waals surface area contributed by atoms with E-state index in [4.69, 9.17) is 38.4 Å². The van der Waals surface area contributed by atoms with Gasteiger partial charge in [-0.1, -0.05) is 29.3 Å². The van der Waals surface area contributed by atoms with E-state index < -0.39 is 0 Å². The fourth-order valence-corrected chi connectivity index (χ4v) is 4.79. The number of pyridine rings is 1. The molecule has 4 rings (SSSR count). The van der Waals surface area contributed by atoms with E-state index in [1.165, 1.54) is 6.20 Å². The maximum atomic E-state index is 13.2. The molecule has 1 aromatic carbocycles. The van der Waals surface area contributed by atoms with Gasteiger partial charge in [-0.15, -0.1) is 0 Å². The second-order valence-electron chi connectivity index (χ2n) is 8.12. The van der Waals surface area contributed by atoms with Gasteiger partial charge < -0.3 is 20.1 Å². The van der Waals surface area contributed by atoms with E-state index in [9.17, 15) is 4.79 Å². The summed E-state index contributed by atoms with van der Waals surface area (Å²) in [6.45, 7) is 5.10. The molecule has 7 nitrogen and oxygen atoms in total. The largest absolute Gasteiger partial charge is 0.485 e. The van der Waals surface area contributed by atoms with Crippen LogP contribution in [0.3, 0.4) is 0 Å². The Hall–Kier alpha value is -2.06. The Morgan fingerprint density at radius 2 is 1.91 bits per heavy atom. The second kappa shape index (κ2) is 10.7. The van der Waals surface area contributed by atoms with E-state index in [2.05, 4.69) is 9.88 Å². The molecule has 1 amide bonds. The molecule has 1 unspecified atom stereocenters.